The predicted molar refractivity (Wildman–Crippen MR) is 127 cm³/mol. The fraction of sp³-hybridized carbons (Fsp3) is 0.375. The summed E-state index contributed by atoms with van der Waals surface area (Å²) in [6.45, 7) is 12.8. The minimum atomic E-state index is -1.20. The molecule has 1 N–H and O–H groups in total. The molecule has 2 aromatic rings. The van der Waals surface area contributed by atoms with Crippen LogP contribution in [0.4, 0.5) is 4.39 Å². The summed E-state index contributed by atoms with van der Waals surface area (Å²) in [5, 5.41) is 4.39. The number of carbonyl (C=O) groups is 1. The Labute approximate surface area is 192 Å². The van der Waals surface area contributed by atoms with Gasteiger partial charge in [-0.2, -0.15) is 0 Å². The third kappa shape index (κ3) is 5.48. The lowest BCUT2D eigenvalue weighted by Crippen LogP contribution is -2.29. The van der Waals surface area contributed by atoms with Gasteiger partial charge in [-0.3, -0.25) is 9.52 Å². The molecule has 1 aliphatic carbocycles. The van der Waals surface area contributed by atoms with E-state index in [-0.39, 0.29) is 11.3 Å². The van der Waals surface area contributed by atoms with Gasteiger partial charge < -0.3 is 4.74 Å². The Hall–Kier alpha value is -2.87. The summed E-state index contributed by atoms with van der Waals surface area (Å²) in [6, 6.07) is 5.18. The Kier molecular flexibility index (Phi) is 7.23. The van der Waals surface area contributed by atoms with Crippen molar-refractivity contribution in [1.82, 2.24) is 19.5 Å². The number of carbonyl (C=O) groups excluding carboxylic acids is 1. The third-order valence-corrected chi connectivity index (χ3v) is 6.63. The van der Waals surface area contributed by atoms with Crippen molar-refractivity contribution in [2.24, 2.45) is 5.41 Å². The number of pyridine rings is 1. The van der Waals surface area contributed by atoms with Crippen LogP contribution in [-0.2, 0) is 0 Å². The number of amides is 1. The van der Waals surface area contributed by atoms with E-state index in [1.807, 2.05) is 0 Å². The van der Waals surface area contributed by atoms with Crippen LogP contribution >= 0.6 is 11.9 Å². The van der Waals surface area contributed by atoms with Crippen LogP contribution in [0.25, 0.3) is 5.82 Å². The molecule has 8 heteroatoms. The normalized spacial score (nSPS) is 15.2. The number of alkyl halides is 1. The molecule has 0 aromatic carbocycles. The number of rotatable bonds is 11. The number of nitrogens with zero attached hydrogens (tertiary/aromatic N) is 3. The molecule has 0 spiro atoms. The lowest BCUT2D eigenvalue weighted by Gasteiger charge is -2.26. The summed E-state index contributed by atoms with van der Waals surface area (Å²) in [4.78, 5) is 17.8. The van der Waals surface area contributed by atoms with Crippen LogP contribution in [0.15, 0.2) is 60.7 Å². The second-order valence-corrected chi connectivity index (χ2v) is 9.17. The molecule has 0 saturated heterocycles. The fourth-order valence-corrected chi connectivity index (χ4v) is 4.06. The molecule has 1 fully saturated rings. The third-order valence-electron chi connectivity index (χ3n) is 5.81. The minimum absolute atomic E-state index is 0.252. The molecule has 3 rings (SSSR count). The Bertz CT molecular complexity index is 1030. The van der Waals surface area contributed by atoms with E-state index in [0.717, 1.165) is 29.7 Å². The quantitative estimate of drug-likeness (QED) is 0.357. The number of allylic oxidation sites excluding steroid dienone is 3. The lowest BCUT2D eigenvalue weighted by atomic mass is 9.86. The van der Waals surface area contributed by atoms with Crippen LogP contribution in [0.3, 0.4) is 0 Å². The van der Waals surface area contributed by atoms with E-state index in [2.05, 4.69) is 28.0 Å². The van der Waals surface area contributed by atoms with E-state index in [1.54, 1.807) is 68.1 Å². The zero-order chi connectivity index (χ0) is 23.4. The van der Waals surface area contributed by atoms with Crippen molar-refractivity contribution in [3.05, 3.63) is 71.9 Å². The number of nitrogens with one attached hydrogen (secondary N) is 1. The second-order valence-electron chi connectivity index (χ2n) is 8.29. The Balaban J connectivity index is 1.60. The molecule has 170 valence electrons. The summed E-state index contributed by atoms with van der Waals surface area (Å²) in [7, 11) is 0. The largest absolute Gasteiger partial charge is 0.477 e. The zero-order valence-corrected chi connectivity index (χ0v) is 19.5. The molecule has 2 heterocycles. The van der Waals surface area contributed by atoms with E-state index in [0.29, 0.717) is 36.0 Å². The second kappa shape index (κ2) is 9.73. The van der Waals surface area contributed by atoms with Gasteiger partial charge in [0.2, 0.25) is 5.88 Å². The van der Waals surface area contributed by atoms with Crippen molar-refractivity contribution in [3.8, 4) is 11.7 Å². The van der Waals surface area contributed by atoms with Crippen molar-refractivity contribution in [3.63, 3.8) is 0 Å². The van der Waals surface area contributed by atoms with E-state index in [9.17, 15) is 9.18 Å². The van der Waals surface area contributed by atoms with Gasteiger partial charge in [-0.05, 0) is 70.2 Å². The van der Waals surface area contributed by atoms with Crippen LogP contribution < -0.4 is 9.46 Å². The summed E-state index contributed by atoms with van der Waals surface area (Å²) >= 11 is 1.16. The van der Waals surface area contributed by atoms with Crippen LogP contribution in [0.2, 0.25) is 0 Å². The molecular weight excluding hydrogens is 427 g/mol. The first-order chi connectivity index (χ1) is 15.2. The van der Waals surface area contributed by atoms with Gasteiger partial charge in [-0.15, -0.1) is 5.10 Å². The summed E-state index contributed by atoms with van der Waals surface area (Å²) in [6.07, 6.45) is 9.23. The van der Waals surface area contributed by atoms with Gasteiger partial charge in [0.25, 0.3) is 5.91 Å². The monoisotopic (exact) mass is 456 g/mol. The van der Waals surface area contributed by atoms with E-state index in [1.165, 1.54) is 0 Å². The fourth-order valence-electron chi connectivity index (χ4n) is 3.49. The maximum absolute atomic E-state index is 14.3. The molecule has 32 heavy (non-hydrogen) atoms. The van der Waals surface area contributed by atoms with Gasteiger partial charge in [0.05, 0.1) is 17.9 Å². The highest BCUT2D eigenvalue weighted by atomic mass is 32.2. The molecule has 1 amide bonds. The minimum Gasteiger partial charge on any atom is -0.477 e. The molecule has 1 saturated carbocycles. The van der Waals surface area contributed by atoms with E-state index in [4.69, 9.17) is 4.74 Å². The first-order valence-electron chi connectivity index (χ1n) is 10.5. The Morgan fingerprint density at radius 1 is 1.38 bits per heavy atom. The van der Waals surface area contributed by atoms with Gasteiger partial charge in [0.1, 0.15) is 5.67 Å². The van der Waals surface area contributed by atoms with Crippen LogP contribution in [-0.4, -0.2) is 32.9 Å². The summed E-state index contributed by atoms with van der Waals surface area (Å²) in [5.41, 5.74) is -0.418. The summed E-state index contributed by atoms with van der Waals surface area (Å²) in [5.74, 6) is 0.780. The highest BCUT2D eigenvalue weighted by molar-refractivity contribution is 8.01. The maximum Gasteiger partial charge on any atom is 0.263 e. The number of halogens is 1. The number of hydrogen-bond acceptors (Lipinski definition) is 5. The predicted octanol–water partition coefficient (Wildman–Crippen LogP) is 5.51. The molecule has 0 unspecified atom stereocenters. The van der Waals surface area contributed by atoms with Crippen molar-refractivity contribution in [1.29, 1.82) is 0 Å². The molecular formula is C24H29FN4O2S. The van der Waals surface area contributed by atoms with Gasteiger partial charge in [0, 0.05) is 22.6 Å². The first-order valence-corrected chi connectivity index (χ1v) is 11.3. The van der Waals surface area contributed by atoms with Gasteiger partial charge >= 0.3 is 0 Å². The van der Waals surface area contributed by atoms with Crippen molar-refractivity contribution >= 4 is 17.9 Å². The van der Waals surface area contributed by atoms with Gasteiger partial charge in [-0.25, -0.2) is 14.1 Å². The molecule has 6 nitrogen and oxygen atoms in total. The van der Waals surface area contributed by atoms with E-state index >= 15 is 0 Å². The maximum atomic E-state index is 14.3. The molecule has 2 aromatic heterocycles. The van der Waals surface area contributed by atoms with Crippen LogP contribution in [0.1, 0.15) is 49.2 Å². The summed E-state index contributed by atoms with van der Waals surface area (Å²) < 4.78 is 24.4. The molecule has 0 atom stereocenters. The van der Waals surface area contributed by atoms with Gasteiger partial charge in [-0.1, -0.05) is 25.3 Å². The van der Waals surface area contributed by atoms with E-state index < -0.39 is 5.67 Å². The smallest absolute Gasteiger partial charge is 0.263 e. The number of ether oxygens (including phenoxy) is 1. The lowest BCUT2D eigenvalue weighted by molar-refractivity contribution is 0.0834. The molecule has 1 aliphatic rings. The van der Waals surface area contributed by atoms with Crippen LogP contribution in [0.5, 0.6) is 5.88 Å². The topological polar surface area (TPSA) is 69.0 Å². The number of hydrogen-bond donors (Lipinski definition) is 1. The SMILES string of the molecule is C=C/C=C(\C=C)SNC(=O)c1ccc(-n2ccc(OCCC3(C(C)(C)F)CC3)n2)nc1C. The first kappa shape index (κ1) is 23.8. The van der Waals surface area contributed by atoms with Crippen molar-refractivity contribution in [2.45, 2.75) is 45.7 Å². The average Bonchev–Trinajstić information content (AvgIpc) is 3.41. The standard InChI is InChI=1S/C24H29FN4O2S/c1-6-8-18(7-2)32-28-22(30)19-9-10-20(26-17(19)3)29-15-11-21(27-29)31-16-14-24(12-13-24)23(4,5)25/h6-11,15H,1-2,12-14,16H2,3-5H3,(H,28,30)/b18-8+. The zero-order valence-electron chi connectivity index (χ0n) is 18.7. The van der Waals surface area contributed by atoms with Crippen molar-refractivity contribution in [2.75, 3.05) is 6.61 Å². The highest BCUT2D eigenvalue weighted by Crippen LogP contribution is 2.58. The van der Waals surface area contributed by atoms with Crippen LogP contribution in [0, 0.1) is 12.3 Å². The van der Waals surface area contributed by atoms with Gasteiger partial charge in [0.15, 0.2) is 5.82 Å². The average molecular weight is 457 g/mol. The Morgan fingerprint density at radius 3 is 2.72 bits per heavy atom. The number of aromatic nitrogens is 3. The van der Waals surface area contributed by atoms with Crippen molar-refractivity contribution < 1.29 is 13.9 Å². The Morgan fingerprint density at radius 2 is 2.12 bits per heavy atom. The molecule has 0 aliphatic heterocycles. The number of aryl methyl sites for hydroxylation is 1. The molecule has 0 bridgehead atoms. The highest BCUT2D eigenvalue weighted by Gasteiger charge is 2.54. The molecule has 0 radical (unpaired) electrons.